The topological polar surface area (TPSA) is 36.5 Å². The third-order valence-electron chi connectivity index (χ3n) is 3.85. The van der Waals surface area contributed by atoms with E-state index in [1.807, 2.05) is 29.3 Å². The van der Waals surface area contributed by atoms with E-state index in [4.69, 9.17) is 17.0 Å². The number of aryl methyl sites for hydroxylation is 1. The van der Waals surface area contributed by atoms with Gasteiger partial charge in [-0.3, -0.25) is 0 Å². The van der Waals surface area contributed by atoms with Gasteiger partial charge in [-0.05, 0) is 55.9 Å². The number of hydrazine groups is 1. The molecule has 2 aromatic rings. The van der Waals surface area contributed by atoms with Gasteiger partial charge in [0.05, 0.1) is 12.8 Å². The lowest BCUT2D eigenvalue weighted by atomic mass is 10.0. The Balaban J connectivity index is 1.87. The molecule has 2 aromatic carbocycles. The highest BCUT2D eigenvalue weighted by Gasteiger charge is 2.38. The first-order valence-corrected chi connectivity index (χ1v) is 7.54. The van der Waals surface area contributed by atoms with E-state index in [9.17, 15) is 0 Å². The minimum absolute atomic E-state index is 0.450. The summed E-state index contributed by atoms with van der Waals surface area (Å²) in [6.45, 7) is 4.13. The molecule has 0 saturated carbocycles. The van der Waals surface area contributed by atoms with Crippen LogP contribution in [0.15, 0.2) is 48.5 Å². The van der Waals surface area contributed by atoms with Gasteiger partial charge >= 0.3 is 0 Å². The van der Waals surface area contributed by atoms with E-state index in [1.165, 1.54) is 5.56 Å². The molecule has 1 heterocycles. The second-order valence-corrected chi connectivity index (χ2v) is 5.95. The summed E-state index contributed by atoms with van der Waals surface area (Å²) in [4.78, 5) is 0. The van der Waals surface area contributed by atoms with Crippen LogP contribution in [0.4, 0.5) is 5.69 Å². The van der Waals surface area contributed by atoms with Crippen LogP contribution in [0.1, 0.15) is 18.1 Å². The highest BCUT2D eigenvalue weighted by molar-refractivity contribution is 7.80. The Morgan fingerprint density at radius 3 is 2.27 bits per heavy atom. The minimum atomic E-state index is -0.450. The Labute approximate surface area is 136 Å². The summed E-state index contributed by atoms with van der Waals surface area (Å²) in [6, 6.07) is 16.2. The normalized spacial score (nSPS) is 20.9. The van der Waals surface area contributed by atoms with Crippen LogP contribution in [0.3, 0.4) is 0 Å². The third kappa shape index (κ3) is 2.65. The van der Waals surface area contributed by atoms with Crippen molar-refractivity contribution in [1.82, 2.24) is 10.7 Å². The van der Waals surface area contributed by atoms with E-state index in [0.717, 1.165) is 17.0 Å². The first kappa shape index (κ1) is 14.8. The van der Waals surface area contributed by atoms with Crippen LogP contribution in [-0.4, -0.2) is 12.2 Å². The van der Waals surface area contributed by atoms with Gasteiger partial charge in [-0.25, -0.2) is 5.01 Å². The maximum absolute atomic E-state index is 5.48. The van der Waals surface area contributed by atoms with Gasteiger partial charge in [-0.2, -0.15) is 5.43 Å². The molecule has 4 nitrogen and oxygen atoms in total. The maximum atomic E-state index is 5.48. The standard InChI is InChI=1S/C17H19N3OS/c1-12-4-8-14(9-5-12)20-16(22)18-17(2,19-20)13-6-10-15(21-3)11-7-13/h4-11,19H,1-3H3,(H,18,22)/t17-/m0/s1. The predicted molar refractivity (Wildman–Crippen MR) is 92.9 cm³/mol. The van der Waals surface area contributed by atoms with Crippen molar-refractivity contribution < 1.29 is 4.74 Å². The molecule has 1 fully saturated rings. The van der Waals surface area contributed by atoms with Crippen LogP contribution in [0.2, 0.25) is 0 Å². The fourth-order valence-electron chi connectivity index (χ4n) is 2.51. The van der Waals surface area contributed by atoms with Crippen LogP contribution >= 0.6 is 12.2 Å². The zero-order chi connectivity index (χ0) is 15.7. The van der Waals surface area contributed by atoms with Gasteiger partial charge in [0, 0.05) is 0 Å². The highest BCUT2D eigenvalue weighted by Crippen LogP contribution is 2.27. The molecular weight excluding hydrogens is 294 g/mol. The van der Waals surface area contributed by atoms with Crippen LogP contribution < -0.4 is 20.5 Å². The fraction of sp³-hybridized carbons (Fsp3) is 0.235. The van der Waals surface area contributed by atoms with Crippen molar-refractivity contribution in [3.05, 3.63) is 59.7 Å². The van der Waals surface area contributed by atoms with Crippen molar-refractivity contribution in [2.45, 2.75) is 19.5 Å². The Morgan fingerprint density at radius 2 is 1.68 bits per heavy atom. The molecule has 2 N–H and O–H groups in total. The molecule has 0 aromatic heterocycles. The van der Waals surface area contributed by atoms with E-state index in [-0.39, 0.29) is 0 Å². The molecule has 3 rings (SSSR count). The maximum Gasteiger partial charge on any atom is 0.190 e. The summed E-state index contributed by atoms with van der Waals surface area (Å²) < 4.78 is 5.21. The second kappa shape index (κ2) is 5.59. The molecule has 0 bridgehead atoms. The predicted octanol–water partition coefficient (Wildman–Crippen LogP) is 3.08. The zero-order valence-electron chi connectivity index (χ0n) is 12.9. The largest absolute Gasteiger partial charge is 0.497 e. The number of methoxy groups -OCH3 is 1. The molecule has 22 heavy (non-hydrogen) atoms. The number of thiocarbonyl (C=S) groups is 1. The Kier molecular flexibility index (Phi) is 3.76. The number of anilines is 1. The van der Waals surface area contributed by atoms with Crippen LogP contribution in [0.5, 0.6) is 5.75 Å². The average molecular weight is 313 g/mol. The molecule has 0 aliphatic carbocycles. The molecule has 114 valence electrons. The van der Waals surface area contributed by atoms with Crippen molar-refractivity contribution in [2.24, 2.45) is 0 Å². The molecule has 0 spiro atoms. The van der Waals surface area contributed by atoms with Gasteiger partial charge in [0.25, 0.3) is 0 Å². The first-order valence-electron chi connectivity index (χ1n) is 7.13. The van der Waals surface area contributed by atoms with Crippen molar-refractivity contribution in [2.75, 3.05) is 12.1 Å². The lowest BCUT2D eigenvalue weighted by molar-refractivity contribution is 0.386. The molecular formula is C17H19N3OS. The summed E-state index contributed by atoms with van der Waals surface area (Å²) in [5.41, 5.74) is 6.32. The molecule has 0 amide bonds. The Hall–Kier alpha value is -2.11. The van der Waals surface area contributed by atoms with E-state index >= 15 is 0 Å². The number of hydrogen-bond donors (Lipinski definition) is 2. The lowest BCUT2D eigenvalue weighted by Crippen LogP contribution is -2.45. The molecule has 1 aliphatic rings. The third-order valence-corrected chi connectivity index (χ3v) is 4.14. The fourth-order valence-corrected chi connectivity index (χ4v) is 2.86. The van der Waals surface area contributed by atoms with Crippen molar-refractivity contribution in [3.63, 3.8) is 0 Å². The molecule has 5 heteroatoms. The van der Waals surface area contributed by atoms with Gasteiger partial charge in [-0.1, -0.05) is 29.8 Å². The monoisotopic (exact) mass is 313 g/mol. The number of rotatable bonds is 3. The van der Waals surface area contributed by atoms with E-state index in [2.05, 4.69) is 48.9 Å². The summed E-state index contributed by atoms with van der Waals surface area (Å²) in [6.07, 6.45) is 0. The molecule has 0 radical (unpaired) electrons. The summed E-state index contributed by atoms with van der Waals surface area (Å²) in [7, 11) is 1.66. The number of ether oxygens (including phenoxy) is 1. The zero-order valence-corrected chi connectivity index (χ0v) is 13.7. The van der Waals surface area contributed by atoms with E-state index in [0.29, 0.717) is 5.11 Å². The van der Waals surface area contributed by atoms with Crippen molar-refractivity contribution >= 4 is 23.0 Å². The van der Waals surface area contributed by atoms with Gasteiger partial charge in [-0.15, -0.1) is 0 Å². The molecule has 0 unspecified atom stereocenters. The average Bonchev–Trinajstić information content (AvgIpc) is 2.84. The van der Waals surface area contributed by atoms with Crippen LogP contribution in [0.25, 0.3) is 0 Å². The number of nitrogens with one attached hydrogen (secondary N) is 2. The van der Waals surface area contributed by atoms with Crippen LogP contribution in [-0.2, 0) is 5.66 Å². The molecule has 1 atom stereocenters. The van der Waals surface area contributed by atoms with Gasteiger partial charge in [0.2, 0.25) is 0 Å². The Morgan fingerprint density at radius 1 is 1.05 bits per heavy atom. The van der Waals surface area contributed by atoms with Crippen LogP contribution in [0, 0.1) is 6.92 Å². The number of hydrogen-bond acceptors (Lipinski definition) is 3. The summed E-state index contributed by atoms with van der Waals surface area (Å²) in [5, 5.41) is 5.91. The summed E-state index contributed by atoms with van der Waals surface area (Å²) in [5.74, 6) is 0.836. The second-order valence-electron chi connectivity index (χ2n) is 5.57. The molecule has 1 saturated heterocycles. The number of benzene rings is 2. The number of nitrogens with zero attached hydrogens (tertiary/aromatic N) is 1. The van der Waals surface area contributed by atoms with E-state index < -0.39 is 5.66 Å². The SMILES string of the molecule is COc1ccc([C@@]2(C)NC(=S)N(c3ccc(C)cc3)N2)cc1. The lowest BCUT2D eigenvalue weighted by Gasteiger charge is -2.26. The van der Waals surface area contributed by atoms with Gasteiger partial charge in [0.1, 0.15) is 11.4 Å². The van der Waals surface area contributed by atoms with Crippen molar-refractivity contribution in [1.29, 1.82) is 0 Å². The van der Waals surface area contributed by atoms with Gasteiger partial charge < -0.3 is 10.1 Å². The quantitative estimate of drug-likeness (QED) is 0.852. The van der Waals surface area contributed by atoms with E-state index in [1.54, 1.807) is 7.11 Å². The van der Waals surface area contributed by atoms with Crippen molar-refractivity contribution in [3.8, 4) is 5.75 Å². The Bertz CT molecular complexity index is 684. The smallest absolute Gasteiger partial charge is 0.190 e. The van der Waals surface area contributed by atoms with Gasteiger partial charge in [0.15, 0.2) is 5.11 Å². The molecule has 1 aliphatic heterocycles. The summed E-state index contributed by atoms with van der Waals surface area (Å²) >= 11 is 5.48. The highest BCUT2D eigenvalue weighted by atomic mass is 32.1. The first-order chi connectivity index (χ1) is 10.5. The minimum Gasteiger partial charge on any atom is -0.497 e.